The molecule has 180 valence electrons. The SMILES string of the molecule is C#Cc1cnn2c(-c3cc(NC(C)C)c(-c4nnc(N5CC[C@@H](C)C(F)(F)C5)s4)cn3)ccc2c1. The number of nitrogens with one attached hydrogen (secondary N) is 1. The lowest BCUT2D eigenvalue weighted by molar-refractivity contribution is -0.0572. The van der Waals surface area contributed by atoms with Crippen LogP contribution in [0.4, 0.5) is 19.6 Å². The summed E-state index contributed by atoms with van der Waals surface area (Å²) in [7, 11) is 0. The summed E-state index contributed by atoms with van der Waals surface area (Å²) >= 11 is 1.30. The van der Waals surface area contributed by atoms with Crippen LogP contribution in [0.2, 0.25) is 0 Å². The Labute approximate surface area is 206 Å². The average Bonchev–Trinajstić information content (AvgIpc) is 3.47. The minimum absolute atomic E-state index is 0.152. The van der Waals surface area contributed by atoms with Gasteiger partial charge in [0.1, 0.15) is 0 Å². The third-order valence-electron chi connectivity index (χ3n) is 6.15. The molecule has 35 heavy (non-hydrogen) atoms. The maximum Gasteiger partial charge on any atom is 0.267 e. The van der Waals surface area contributed by atoms with Gasteiger partial charge in [0.05, 0.1) is 35.2 Å². The summed E-state index contributed by atoms with van der Waals surface area (Å²) in [5, 5.41) is 17.6. The number of nitrogens with zero attached hydrogens (tertiary/aromatic N) is 6. The van der Waals surface area contributed by atoms with Crippen molar-refractivity contribution in [2.75, 3.05) is 23.3 Å². The van der Waals surface area contributed by atoms with Crippen molar-refractivity contribution in [1.29, 1.82) is 0 Å². The molecular weight excluding hydrogens is 468 g/mol. The Hall–Kier alpha value is -3.58. The summed E-state index contributed by atoms with van der Waals surface area (Å²) in [6.07, 6.45) is 9.30. The van der Waals surface area contributed by atoms with E-state index in [9.17, 15) is 8.78 Å². The van der Waals surface area contributed by atoms with E-state index in [1.165, 1.54) is 11.3 Å². The molecule has 0 saturated carbocycles. The summed E-state index contributed by atoms with van der Waals surface area (Å²) in [5.74, 6) is -0.782. The van der Waals surface area contributed by atoms with Crippen LogP contribution in [0.3, 0.4) is 0 Å². The normalized spacial score (nSPS) is 17.6. The van der Waals surface area contributed by atoms with Gasteiger partial charge in [-0.2, -0.15) is 5.10 Å². The molecule has 0 unspecified atom stereocenters. The summed E-state index contributed by atoms with van der Waals surface area (Å²) in [6, 6.07) is 7.89. The Morgan fingerprint density at radius 3 is 2.80 bits per heavy atom. The van der Waals surface area contributed by atoms with E-state index in [0.29, 0.717) is 28.7 Å². The average molecular weight is 494 g/mol. The first kappa shape index (κ1) is 23.2. The molecule has 0 bridgehead atoms. The fourth-order valence-corrected chi connectivity index (χ4v) is 5.03. The number of halogens is 2. The molecular formula is C25H25F2N7S. The summed E-state index contributed by atoms with van der Waals surface area (Å²) in [5.41, 5.74) is 4.74. The van der Waals surface area contributed by atoms with Gasteiger partial charge in [-0.15, -0.1) is 16.6 Å². The Kier molecular flexibility index (Phi) is 5.89. The Balaban J connectivity index is 1.50. The molecule has 0 radical (unpaired) electrons. The molecule has 0 aliphatic carbocycles. The summed E-state index contributed by atoms with van der Waals surface area (Å²) in [4.78, 5) is 6.30. The van der Waals surface area contributed by atoms with E-state index in [0.717, 1.165) is 28.2 Å². The molecule has 4 aromatic rings. The number of terminal acetylenes is 1. The van der Waals surface area contributed by atoms with E-state index < -0.39 is 11.8 Å². The number of piperidine rings is 1. The predicted molar refractivity (Wildman–Crippen MR) is 135 cm³/mol. The quantitative estimate of drug-likeness (QED) is 0.386. The first-order valence-corrected chi connectivity index (χ1v) is 12.2. The van der Waals surface area contributed by atoms with Crippen molar-refractivity contribution in [3.05, 3.63) is 42.2 Å². The molecule has 4 aromatic heterocycles. The molecule has 1 aliphatic heterocycles. The Morgan fingerprint density at radius 2 is 2.06 bits per heavy atom. The van der Waals surface area contributed by atoms with Gasteiger partial charge in [-0.3, -0.25) is 4.98 Å². The fraction of sp³-hybridized carbons (Fsp3) is 0.360. The number of fused-ring (bicyclic) bond motifs is 1. The Bertz CT molecular complexity index is 1420. The molecule has 1 fully saturated rings. The van der Waals surface area contributed by atoms with E-state index in [2.05, 4.69) is 31.5 Å². The lowest BCUT2D eigenvalue weighted by atomic mass is 9.95. The third kappa shape index (κ3) is 4.44. The number of pyridine rings is 1. The van der Waals surface area contributed by atoms with Gasteiger partial charge in [-0.05, 0) is 44.5 Å². The zero-order valence-electron chi connectivity index (χ0n) is 19.7. The summed E-state index contributed by atoms with van der Waals surface area (Å²) < 4.78 is 30.4. The Morgan fingerprint density at radius 1 is 1.23 bits per heavy atom. The van der Waals surface area contributed by atoms with Crippen LogP contribution >= 0.6 is 11.3 Å². The molecule has 0 spiro atoms. The van der Waals surface area contributed by atoms with Crippen molar-refractivity contribution in [2.24, 2.45) is 5.92 Å². The van der Waals surface area contributed by atoms with Gasteiger partial charge < -0.3 is 10.2 Å². The van der Waals surface area contributed by atoms with Crippen LogP contribution in [0.5, 0.6) is 0 Å². The van der Waals surface area contributed by atoms with Gasteiger partial charge in [0.15, 0.2) is 5.01 Å². The second-order valence-electron chi connectivity index (χ2n) is 9.12. The van der Waals surface area contributed by atoms with Crippen molar-refractivity contribution in [3.63, 3.8) is 0 Å². The zero-order valence-corrected chi connectivity index (χ0v) is 20.5. The van der Waals surface area contributed by atoms with Gasteiger partial charge in [0.2, 0.25) is 5.13 Å². The van der Waals surface area contributed by atoms with Crippen molar-refractivity contribution in [1.82, 2.24) is 24.8 Å². The molecule has 1 atom stereocenters. The molecule has 0 aromatic carbocycles. The number of hydrogen-bond donors (Lipinski definition) is 1. The van der Waals surface area contributed by atoms with Gasteiger partial charge in [-0.1, -0.05) is 24.2 Å². The van der Waals surface area contributed by atoms with Gasteiger partial charge in [0.25, 0.3) is 5.92 Å². The minimum Gasteiger partial charge on any atom is -0.382 e. The topological polar surface area (TPSA) is 71.2 Å². The van der Waals surface area contributed by atoms with Gasteiger partial charge >= 0.3 is 0 Å². The van der Waals surface area contributed by atoms with Crippen LogP contribution < -0.4 is 10.2 Å². The highest BCUT2D eigenvalue weighted by atomic mass is 32.1. The largest absolute Gasteiger partial charge is 0.382 e. The maximum atomic E-state index is 14.3. The molecule has 0 amide bonds. The monoisotopic (exact) mass is 493 g/mol. The molecule has 5 rings (SSSR count). The predicted octanol–water partition coefficient (Wildman–Crippen LogP) is 5.20. The van der Waals surface area contributed by atoms with Crippen LogP contribution in [0.15, 0.2) is 36.7 Å². The van der Waals surface area contributed by atoms with Crippen molar-refractivity contribution >= 4 is 27.7 Å². The first-order valence-electron chi connectivity index (χ1n) is 11.4. The molecule has 1 aliphatic rings. The first-order chi connectivity index (χ1) is 16.7. The van der Waals surface area contributed by atoms with E-state index >= 15 is 0 Å². The smallest absolute Gasteiger partial charge is 0.267 e. The van der Waals surface area contributed by atoms with Crippen LogP contribution in [-0.2, 0) is 0 Å². The molecule has 1 N–H and O–H groups in total. The van der Waals surface area contributed by atoms with Gasteiger partial charge in [0, 0.05) is 36.0 Å². The second kappa shape index (κ2) is 8.89. The van der Waals surface area contributed by atoms with Crippen molar-refractivity contribution in [3.8, 4) is 34.3 Å². The van der Waals surface area contributed by atoms with E-state index in [1.807, 2.05) is 38.1 Å². The highest BCUT2D eigenvalue weighted by Gasteiger charge is 2.42. The zero-order chi connectivity index (χ0) is 24.7. The maximum absolute atomic E-state index is 14.3. The summed E-state index contributed by atoms with van der Waals surface area (Å²) in [6.45, 7) is 5.88. The van der Waals surface area contributed by atoms with Crippen LogP contribution in [0.25, 0.3) is 27.5 Å². The van der Waals surface area contributed by atoms with Crippen LogP contribution in [0, 0.1) is 18.3 Å². The van der Waals surface area contributed by atoms with Crippen molar-refractivity contribution < 1.29 is 8.78 Å². The van der Waals surface area contributed by atoms with Crippen molar-refractivity contribution in [2.45, 2.75) is 39.2 Å². The molecule has 1 saturated heterocycles. The standard InChI is InChI=1S/C25H25F2N7S/c1-5-17-10-18-6-7-22(34(18)29-12-17)21-11-20(30-15(2)3)19(13-28-21)23-31-32-24(35-23)33-9-8-16(4)25(26,27)14-33/h1,6-7,10-13,15-16H,8-9,14H2,2-4H3,(H,28,30)/t16-/m1/s1. The minimum atomic E-state index is -2.74. The van der Waals surface area contributed by atoms with E-state index in [1.54, 1.807) is 28.7 Å². The third-order valence-corrected chi connectivity index (χ3v) is 7.16. The van der Waals surface area contributed by atoms with E-state index in [-0.39, 0.29) is 12.6 Å². The number of rotatable bonds is 5. The number of alkyl halides is 2. The fourth-order valence-electron chi connectivity index (χ4n) is 4.13. The van der Waals surface area contributed by atoms with E-state index in [4.69, 9.17) is 6.42 Å². The van der Waals surface area contributed by atoms with Gasteiger partial charge in [-0.25, -0.2) is 13.3 Å². The second-order valence-corrected chi connectivity index (χ2v) is 10.1. The lowest BCUT2D eigenvalue weighted by Gasteiger charge is -2.36. The molecule has 10 heteroatoms. The molecule has 7 nitrogen and oxygen atoms in total. The van der Waals surface area contributed by atoms with Crippen LogP contribution in [-0.4, -0.2) is 49.8 Å². The lowest BCUT2D eigenvalue weighted by Crippen LogP contribution is -2.47. The number of aromatic nitrogens is 5. The number of anilines is 2. The molecule has 5 heterocycles. The highest BCUT2D eigenvalue weighted by Crippen LogP contribution is 2.39. The number of hydrogen-bond acceptors (Lipinski definition) is 7. The highest BCUT2D eigenvalue weighted by molar-refractivity contribution is 7.18. The van der Waals surface area contributed by atoms with Crippen LogP contribution in [0.1, 0.15) is 32.8 Å².